The van der Waals surface area contributed by atoms with Crippen molar-refractivity contribution in [3.8, 4) is 0 Å². The molecule has 19 heavy (non-hydrogen) atoms. The second-order valence-electron chi connectivity index (χ2n) is 6.42. The average molecular weight is 269 g/mol. The highest BCUT2D eigenvalue weighted by molar-refractivity contribution is 5.00. The largest absolute Gasteiger partial charge is 0.393 e. The fourth-order valence-corrected chi connectivity index (χ4v) is 3.11. The van der Waals surface area contributed by atoms with Gasteiger partial charge in [0.25, 0.3) is 0 Å². The van der Waals surface area contributed by atoms with Crippen molar-refractivity contribution >= 4 is 0 Å². The molecule has 2 heterocycles. The quantitative estimate of drug-likeness (QED) is 0.759. The zero-order valence-electron chi connectivity index (χ0n) is 12.2. The molecular formula is C15H27NO3. The number of piperidine rings is 1. The van der Waals surface area contributed by atoms with Crippen molar-refractivity contribution in [2.24, 2.45) is 0 Å². The third-order valence-corrected chi connectivity index (χ3v) is 4.45. The summed E-state index contributed by atoms with van der Waals surface area (Å²) in [5.74, 6) is 0. The third kappa shape index (κ3) is 3.78. The van der Waals surface area contributed by atoms with Gasteiger partial charge in [0.05, 0.1) is 24.4 Å². The predicted molar refractivity (Wildman–Crippen MR) is 75.1 cm³/mol. The summed E-state index contributed by atoms with van der Waals surface area (Å²) in [6.45, 7) is 7.66. The Hall–Kier alpha value is -0.420. The first kappa shape index (κ1) is 15.0. The highest BCUT2D eigenvalue weighted by atomic mass is 16.5. The van der Waals surface area contributed by atoms with E-state index < -0.39 is 5.60 Å². The van der Waals surface area contributed by atoms with Crippen LogP contribution in [0.4, 0.5) is 0 Å². The van der Waals surface area contributed by atoms with E-state index in [0.29, 0.717) is 19.4 Å². The van der Waals surface area contributed by atoms with E-state index >= 15 is 0 Å². The molecule has 4 heteroatoms. The van der Waals surface area contributed by atoms with Crippen LogP contribution in [0.15, 0.2) is 11.6 Å². The van der Waals surface area contributed by atoms with Crippen molar-refractivity contribution in [3.63, 3.8) is 0 Å². The Kier molecular flexibility index (Phi) is 4.66. The molecule has 1 unspecified atom stereocenters. The molecule has 2 rings (SSSR count). The lowest BCUT2D eigenvalue weighted by Gasteiger charge is -2.48. The van der Waals surface area contributed by atoms with E-state index in [-0.39, 0.29) is 12.2 Å². The van der Waals surface area contributed by atoms with Crippen LogP contribution in [0, 0.1) is 0 Å². The lowest BCUT2D eigenvalue weighted by atomic mass is 9.77. The molecule has 110 valence electrons. The van der Waals surface area contributed by atoms with Gasteiger partial charge in [0.15, 0.2) is 0 Å². The number of likely N-dealkylation sites (tertiary alicyclic amines) is 1. The number of aliphatic hydroxyl groups is 2. The van der Waals surface area contributed by atoms with Gasteiger partial charge in [-0.3, -0.25) is 4.90 Å². The summed E-state index contributed by atoms with van der Waals surface area (Å²) in [5.41, 5.74) is 0.209. The minimum Gasteiger partial charge on any atom is -0.393 e. The monoisotopic (exact) mass is 269 g/mol. The minimum absolute atomic E-state index is 0.153. The highest BCUT2D eigenvalue weighted by Crippen LogP contribution is 2.39. The van der Waals surface area contributed by atoms with Crippen molar-refractivity contribution in [2.75, 3.05) is 32.8 Å². The molecule has 1 atom stereocenters. The van der Waals surface area contributed by atoms with E-state index in [2.05, 4.69) is 24.8 Å². The first-order valence-electron chi connectivity index (χ1n) is 7.30. The molecule has 0 saturated carbocycles. The van der Waals surface area contributed by atoms with Gasteiger partial charge in [-0.1, -0.05) is 11.6 Å². The van der Waals surface area contributed by atoms with Crippen LogP contribution in [0.1, 0.15) is 39.5 Å². The van der Waals surface area contributed by atoms with Gasteiger partial charge >= 0.3 is 0 Å². The molecule has 1 spiro atoms. The Labute approximate surface area is 116 Å². The molecule has 2 fully saturated rings. The third-order valence-electron chi connectivity index (χ3n) is 4.45. The van der Waals surface area contributed by atoms with Crippen LogP contribution < -0.4 is 0 Å². The molecule has 0 amide bonds. The number of nitrogens with zero attached hydrogens (tertiary/aromatic N) is 1. The maximum absolute atomic E-state index is 10.3. The predicted octanol–water partition coefficient (Wildman–Crippen LogP) is 1.32. The lowest BCUT2D eigenvalue weighted by molar-refractivity contribution is -0.188. The van der Waals surface area contributed by atoms with Crippen LogP contribution in [-0.4, -0.2) is 59.2 Å². The molecule has 2 aliphatic heterocycles. The molecule has 2 aliphatic rings. The van der Waals surface area contributed by atoms with Gasteiger partial charge < -0.3 is 14.9 Å². The van der Waals surface area contributed by atoms with E-state index in [0.717, 1.165) is 32.5 Å². The Morgan fingerprint density at radius 1 is 1.26 bits per heavy atom. The number of allylic oxidation sites excluding steroid dienone is 1. The molecule has 0 bridgehead atoms. The highest BCUT2D eigenvalue weighted by Gasteiger charge is 2.45. The molecule has 0 aromatic rings. The van der Waals surface area contributed by atoms with Crippen molar-refractivity contribution in [1.29, 1.82) is 0 Å². The first-order valence-corrected chi connectivity index (χ1v) is 7.30. The van der Waals surface area contributed by atoms with Crippen LogP contribution in [0.3, 0.4) is 0 Å². The topological polar surface area (TPSA) is 52.9 Å². The fraction of sp³-hybridized carbons (Fsp3) is 0.867. The van der Waals surface area contributed by atoms with Crippen LogP contribution in [0.25, 0.3) is 0 Å². The molecule has 0 aliphatic carbocycles. The van der Waals surface area contributed by atoms with Gasteiger partial charge in [0.2, 0.25) is 0 Å². The van der Waals surface area contributed by atoms with Crippen LogP contribution in [0.5, 0.6) is 0 Å². The normalized spacial score (nSPS) is 31.4. The van der Waals surface area contributed by atoms with Gasteiger partial charge in [0, 0.05) is 32.5 Å². The van der Waals surface area contributed by atoms with Crippen molar-refractivity contribution in [2.45, 2.75) is 50.7 Å². The second-order valence-corrected chi connectivity index (χ2v) is 6.42. The van der Waals surface area contributed by atoms with E-state index in [1.807, 2.05) is 0 Å². The Morgan fingerprint density at radius 2 is 1.95 bits per heavy atom. The standard InChI is InChI=1S/C15H27NO3/c1-13(2)3-7-16-8-4-15(5-9-16)11-14(18,12-17)6-10-19-15/h3,17-18H,4-12H2,1-2H3. The minimum atomic E-state index is -0.930. The van der Waals surface area contributed by atoms with Crippen LogP contribution in [0.2, 0.25) is 0 Å². The first-order chi connectivity index (χ1) is 8.97. The van der Waals surface area contributed by atoms with E-state index in [1.165, 1.54) is 5.57 Å². The summed E-state index contributed by atoms with van der Waals surface area (Å²) in [4.78, 5) is 2.42. The summed E-state index contributed by atoms with van der Waals surface area (Å²) < 4.78 is 5.96. The summed E-state index contributed by atoms with van der Waals surface area (Å²) >= 11 is 0. The zero-order chi connectivity index (χ0) is 13.9. The molecule has 0 aromatic heterocycles. The van der Waals surface area contributed by atoms with Gasteiger partial charge in [-0.15, -0.1) is 0 Å². The van der Waals surface area contributed by atoms with Crippen molar-refractivity contribution in [3.05, 3.63) is 11.6 Å². The number of aliphatic hydroxyl groups excluding tert-OH is 1. The SMILES string of the molecule is CC(C)=CCN1CCC2(CC1)CC(O)(CO)CCO2. The smallest absolute Gasteiger partial charge is 0.0926 e. The number of ether oxygens (including phenoxy) is 1. The van der Waals surface area contributed by atoms with Gasteiger partial charge in [-0.05, 0) is 26.7 Å². The van der Waals surface area contributed by atoms with Crippen LogP contribution >= 0.6 is 0 Å². The fourth-order valence-electron chi connectivity index (χ4n) is 3.11. The molecular weight excluding hydrogens is 242 g/mol. The molecule has 4 nitrogen and oxygen atoms in total. The van der Waals surface area contributed by atoms with E-state index in [9.17, 15) is 10.2 Å². The summed E-state index contributed by atoms with van der Waals surface area (Å²) in [6, 6.07) is 0. The maximum atomic E-state index is 10.3. The van der Waals surface area contributed by atoms with E-state index in [1.54, 1.807) is 0 Å². The Bertz CT molecular complexity index is 330. The summed E-state index contributed by atoms with van der Waals surface area (Å²) in [6.07, 6.45) is 5.28. The zero-order valence-corrected chi connectivity index (χ0v) is 12.2. The summed E-state index contributed by atoms with van der Waals surface area (Å²) in [7, 11) is 0. The van der Waals surface area contributed by atoms with Gasteiger partial charge in [-0.25, -0.2) is 0 Å². The Morgan fingerprint density at radius 3 is 2.53 bits per heavy atom. The number of rotatable bonds is 3. The second kappa shape index (κ2) is 5.92. The number of hydrogen-bond donors (Lipinski definition) is 2. The maximum Gasteiger partial charge on any atom is 0.0926 e. The lowest BCUT2D eigenvalue weighted by Crippen LogP contribution is -2.55. The number of hydrogen-bond acceptors (Lipinski definition) is 4. The Balaban J connectivity index is 1.89. The van der Waals surface area contributed by atoms with Gasteiger partial charge in [-0.2, -0.15) is 0 Å². The molecule has 2 saturated heterocycles. The van der Waals surface area contributed by atoms with E-state index in [4.69, 9.17) is 4.74 Å². The molecule has 0 aromatic carbocycles. The van der Waals surface area contributed by atoms with Gasteiger partial charge in [0.1, 0.15) is 0 Å². The van der Waals surface area contributed by atoms with Crippen LogP contribution in [-0.2, 0) is 4.74 Å². The summed E-state index contributed by atoms with van der Waals surface area (Å²) in [5, 5.41) is 19.6. The van der Waals surface area contributed by atoms with Crippen molar-refractivity contribution < 1.29 is 14.9 Å². The molecule has 0 radical (unpaired) electrons. The average Bonchev–Trinajstić information content (AvgIpc) is 2.38. The molecule has 2 N–H and O–H groups in total. The van der Waals surface area contributed by atoms with Crippen molar-refractivity contribution in [1.82, 2.24) is 4.90 Å².